The van der Waals surface area contributed by atoms with Gasteiger partial charge in [0, 0.05) is 0 Å². The van der Waals surface area contributed by atoms with Crippen LogP contribution in [-0.2, 0) is 9.47 Å². The molecule has 70 valence electrons. The second kappa shape index (κ2) is 3.75. The molecule has 0 aromatic carbocycles. The van der Waals surface area contributed by atoms with E-state index < -0.39 is 0 Å². The predicted octanol–water partition coefficient (Wildman–Crippen LogP) is 2.12. The summed E-state index contributed by atoms with van der Waals surface area (Å²) >= 11 is 0. The summed E-state index contributed by atoms with van der Waals surface area (Å²) in [6.07, 6.45) is 8.72. The first-order chi connectivity index (χ1) is 5.90. The molecule has 0 N–H and O–H groups in total. The zero-order valence-corrected chi connectivity index (χ0v) is 7.79. The van der Waals surface area contributed by atoms with Crippen molar-refractivity contribution in [3.05, 3.63) is 0 Å². The fraction of sp³-hybridized carbons (Fsp3) is 1.00. The van der Waals surface area contributed by atoms with Gasteiger partial charge >= 0.3 is 0 Å². The molecule has 0 bridgehead atoms. The van der Waals surface area contributed by atoms with Crippen LogP contribution in [0.25, 0.3) is 0 Å². The van der Waals surface area contributed by atoms with Crippen molar-refractivity contribution < 1.29 is 9.47 Å². The fourth-order valence-corrected chi connectivity index (χ4v) is 1.68. The molecular formula is C10H18O2. The SMILES string of the molecule is C1CCC2OC2C1.CCC1CO1. The van der Waals surface area contributed by atoms with Crippen molar-refractivity contribution in [1.29, 1.82) is 0 Å². The molecule has 3 unspecified atom stereocenters. The Kier molecular flexibility index (Phi) is 2.66. The van der Waals surface area contributed by atoms with Gasteiger partial charge in [0.2, 0.25) is 0 Å². The Hall–Kier alpha value is -0.0800. The normalized spacial score (nSPS) is 42.2. The fourth-order valence-electron chi connectivity index (χ4n) is 1.68. The highest BCUT2D eigenvalue weighted by Crippen LogP contribution is 2.35. The summed E-state index contributed by atoms with van der Waals surface area (Å²) in [7, 11) is 0. The van der Waals surface area contributed by atoms with Gasteiger partial charge in [0.25, 0.3) is 0 Å². The van der Waals surface area contributed by atoms with Crippen molar-refractivity contribution in [3.8, 4) is 0 Å². The first kappa shape index (κ1) is 8.52. The van der Waals surface area contributed by atoms with Gasteiger partial charge in [-0.2, -0.15) is 0 Å². The van der Waals surface area contributed by atoms with E-state index in [1.165, 1.54) is 32.1 Å². The molecule has 2 saturated heterocycles. The van der Waals surface area contributed by atoms with E-state index in [1.807, 2.05) is 0 Å². The van der Waals surface area contributed by atoms with Crippen LogP contribution in [0, 0.1) is 0 Å². The number of epoxide rings is 2. The van der Waals surface area contributed by atoms with E-state index in [-0.39, 0.29) is 0 Å². The largest absolute Gasteiger partial charge is 0.373 e. The molecule has 0 amide bonds. The molecule has 2 nitrogen and oxygen atoms in total. The molecular weight excluding hydrogens is 152 g/mol. The summed E-state index contributed by atoms with van der Waals surface area (Å²) < 4.78 is 10.1. The molecule has 3 rings (SSSR count). The number of rotatable bonds is 1. The molecule has 3 fully saturated rings. The minimum atomic E-state index is 0.634. The first-order valence-corrected chi connectivity index (χ1v) is 5.17. The molecule has 0 spiro atoms. The van der Waals surface area contributed by atoms with Crippen LogP contribution in [0.1, 0.15) is 39.0 Å². The Morgan fingerprint density at radius 2 is 1.75 bits per heavy atom. The van der Waals surface area contributed by atoms with Crippen LogP contribution in [0.3, 0.4) is 0 Å². The Morgan fingerprint density at radius 3 is 2.00 bits per heavy atom. The number of fused-ring (bicyclic) bond motifs is 1. The maximum Gasteiger partial charge on any atom is 0.0841 e. The third-order valence-electron chi connectivity index (χ3n) is 2.77. The second-order valence-electron chi connectivity index (χ2n) is 3.86. The van der Waals surface area contributed by atoms with Gasteiger partial charge in [-0.1, -0.05) is 19.8 Å². The molecule has 3 aliphatic rings. The molecule has 2 aliphatic heterocycles. The van der Waals surface area contributed by atoms with Gasteiger partial charge in [-0.25, -0.2) is 0 Å². The summed E-state index contributed by atoms with van der Waals surface area (Å²) in [5.41, 5.74) is 0. The monoisotopic (exact) mass is 170 g/mol. The van der Waals surface area contributed by atoms with Crippen molar-refractivity contribution in [2.45, 2.75) is 57.3 Å². The summed E-state index contributed by atoms with van der Waals surface area (Å²) in [6, 6.07) is 0. The topological polar surface area (TPSA) is 25.1 Å². The maximum atomic E-state index is 5.28. The van der Waals surface area contributed by atoms with Crippen molar-refractivity contribution in [2.24, 2.45) is 0 Å². The minimum absolute atomic E-state index is 0.634. The van der Waals surface area contributed by atoms with Crippen LogP contribution in [-0.4, -0.2) is 24.9 Å². The van der Waals surface area contributed by atoms with E-state index >= 15 is 0 Å². The minimum Gasteiger partial charge on any atom is -0.373 e. The number of hydrogen-bond donors (Lipinski definition) is 0. The molecule has 3 atom stereocenters. The zero-order chi connectivity index (χ0) is 8.39. The molecule has 0 radical (unpaired) electrons. The van der Waals surface area contributed by atoms with E-state index in [2.05, 4.69) is 6.92 Å². The van der Waals surface area contributed by atoms with Crippen molar-refractivity contribution in [2.75, 3.05) is 6.61 Å². The first-order valence-electron chi connectivity index (χ1n) is 5.17. The summed E-state index contributed by atoms with van der Waals surface area (Å²) in [6.45, 7) is 3.15. The highest BCUT2D eigenvalue weighted by atomic mass is 16.6. The lowest BCUT2D eigenvalue weighted by molar-refractivity contribution is 0.373. The average molecular weight is 170 g/mol. The molecule has 2 heteroatoms. The smallest absolute Gasteiger partial charge is 0.0841 e. The Bertz CT molecular complexity index is 133. The van der Waals surface area contributed by atoms with Crippen LogP contribution in [0.4, 0.5) is 0 Å². The van der Waals surface area contributed by atoms with Gasteiger partial charge in [0.05, 0.1) is 24.9 Å². The Balaban J connectivity index is 0.000000100. The van der Waals surface area contributed by atoms with E-state index in [0.29, 0.717) is 18.3 Å². The summed E-state index contributed by atoms with van der Waals surface area (Å²) in [4.78, 5) is 0. The molecule has 0 aromatic rings. The van der Waals surface area contributed by atoms with Gasteiger partial charge in [-0.05, 0) is 19.3 Å². The lowest BCUT2D eigenvalue weighted by atomic mass is 10.0. The van der Waals surface area contributed by atoms with Crippen LogP contribution >= 0.6 is 0 Å². The van der Waals surface area contributed by atoms with Crippen LogP contribution < -0.4 is 0 Å². The maximum absolute atomic E-state index is 5.28. The third-order valence-corrected chi connectivity index (χ3v) is 2.77. The molecule has 12 heavy (non-hydrogen) atoms. The molecule has 2 heterocycles. The van der Waals surface area contributed by atoms with Crippen molar-refractivity contribution in [3.63, 3.8) is 0 Å². The summed E-state index contributed by atoms with van der Waals surface area (Å²) in [5, 5.41) is 0. The van der Waals surface area contributed by atoms with Gasteiger partial charge < -0.3 is 9.47 Å². The van der Waals surface area contributed by atoms with Crippen LogP contribution in [0.2, 0.25) is 0 Å². The van der Waals surface area contributed by atoms with Gasteiger partial charge in [-0.3, -0.25) is 0 Å². The number of ether oxygens (including phenoxy) is 2. The third kappa shape index (κ3) is 2.46. The lowest BCUT2D eigenvalue weighted by Gasteiger charge is -2.00. The molecule has 1 saturated carbocycles. The van der Waals surface area contributed by atoms with Crippen LogP contribution in [0.5, 0.6) is 0 Å². The lowest BCUT2D eigenvalue weighted by Crippen LogP contribution is -2.00. The highest BCUT2D eigenvalue weighted by Gasteiger charge is 2.39. The quantitative estimate of drug-likeness (QED) is 0.563. The van der Waals surface area contributed by atoms with E-state index in [0.717, 1.165) is 6.61 Å². The predicted molar refractivity (Wildman–Crippen MR) is 47.2 cm³/mol. The van der Waals surface area contributed by atoms with E-state index in [9.17, 15) is 0 Å². The molecule has 0 aromatic heterocycles. The van der Waals surface area contributed by atoms with E-state index in [4.69, 9.17) is 9.47 Å². The van der Waals surface area contributed by atoms with Gasteiger partial charge in [-0.15, -0.1) is 0 Å². The number of hydrogen-bond acceptors (Lipinski definition) is 2. The zero-order valence-electron chi connectivity index (χ0n) is 7.79. The summed E-state index contributed by atoms with van der Waals surface area (Å²) in [5.74, 6) is 0. The van der Waals surface area contributed by atoms with E-state index in [1.54, 1.807) is 0 Å². The average Bonchev–Trinajstić information content (AvgIpc) is 3.01. The van der Waals surface area contributed by atoms with Gasteiger partial charge in [0.1, 0.15) is 0 Å². The van der Waals surface area contributed by atoms with Crippen molar-refractivity contribution in [1.82, 2.24) is 0 Å². The molecule has 1 aliphatic carbocycles. The highest BCUT2D eigenvalue weighted by molar-refractivity contribution is 4.87. The van der Waals surface area contributed by atoms with Gasteiger partial charge in [0.15, 0.2) is 0 Å². The Morgan fingerprint density at radius 1 is 1.17 bits per heavy atom. The van der Waals surface area contributed by atoms with Crippen molar-refractivity contribution >= 4 is 0 Å². The van der Waals surface area contributed by atoms with Crippen LogP contribution in [0.15, 0.2) is 0 Å². The second-order valence-corrected chi connectivity index (χ2v) is 3.86. The Labute approximate surface area is 74.2 Å². The standard InChI is InChI=1S/C6H10O.C4H8O/c1-2-4-6-5(3-1)7-6;1-2-4-3-5-4/h5-6H,1-4H2;4H,2-3H2,1H3.